The van der Waals surface area contributed by atoms with Crippen LogP contribution in [0.2, 0.25) is 0 Å². The van der Waals surface area contributed by atoms with E-state index >= 15 is 0 Å². The molecule has 0 aliphatic heterocycles. The molecule has 0 radical (unpaired) electrons. The number of rotatable bonds is 6. The van der Waals surface area contributed by atoms with Gasteiger partial charge in [-0.15, -0.1) is 0 Å². The van der Waals surface area contributed by atoms with Crippen molar-refractivity contribution < 1.29 is 9.59 Å². The van der Waals surface area contributed by atoms with Gasteiger partial charge in [-0.1, -0.05) is 57.2 Å². The van der Waals surface area contributed by atoms with E-state index < -0.39 is 5.91 Å². The van der Waals surface area contributed by atoms with Crippen molar-refractivity contribution in [2.24, 2.45) is 5.73 Å². The normalized spacial score (nSPS) is 11.2. The molecule has 1 aromatic heterocycles. The summed E-state index contributed by atoms with van der Waals surface area (Å²) in [6, 6.07) is 19.0. The standard InChI is InChI=1S/C25H27N3O2/c1-25(2,3)20-10-7-17(8-11-20)9-14-23(29)28-21-12-13-22(27-16-21)18-5-4-6-19(15-18)24(26)30/h4-8,10-13,15-16H,9,14H2,1-3H3,(H2,26,30)(H,28,29). The molecule has 0 saturated carbocycles. The molecule has 154 valence electrons. The number of aryl methyl sites for hydroxylation is 1. The lowest BCUT2D eigenvalue weighted by Gasteiger charge is -2.19. The molecule has 5 nitrogen and oxygen atoms in total. The molecule has 0 saturated heterocycles. The van der Waals surface area contributed by atoms with Crippen molar-refractivity contribution in [3.05, 3.63) is 83.6 Å². The van der Waals surface area contributed by atoms with Gasteiger partial charge in [0, 0.05) is 17.5 Å². The highest BCUT2D eigenvalue weighted by molar-refractivity contribution is 5.94. The Morgan fingerprint density at radius 1 is 1.00 bits per heavy atom. The van der Waals surface area contributed by atoms with Crippen molar-refractivity contribution in [1.29, 1.82) is 0 Å². The van der Waals surface area contributed by atoms with Crippen molar-refractivity contribution in [3.63, 3.8) is 0 Å². The van der Waals surface area contributed by atoms with Gasteiger partial charge in [-0.3, -0.25) is 14.6 Å². The van der Waals surface area contributed by atoms with Crippen LogP contribution in [0.15, 0.2) is 66.9 Å². The van der Waals surface area contributed by atoms with Crippen LogP contribution in [0.4, 0.5) is 5.69 Å². The molecule has 3 rings (SSSR count). The highest BCUT2D eigenvalue weighted by atomic mass is 16.1. The predicted octanol–water partition coefficient (Wildman–Crippen LogP) is 4.72. The van der Waals surface area contributed by atoms with E-state index in [9.17, 15) is 9.59 Å². The molecule has 0 atom stereocenters. The van der Waals surface area contributed by atoms with Crippen LogP contribution in [0, 0.1) is 0 Å². The molecule has 0 unspecified atom stereocenters. The molecule has 2 amide bonds. The summed E-state index contributed by atoms with van der Waals surface area (Å²) in [5.41, 5.74) is 10.4. The van der Waals surface area contributed by atoms with Crippen LogP contribution >= 0.6 is 0 Å². The summed E-state index contributed by atoms with van der Waals surface area (Å²) in [4.78, 5) is 28.0. The molecule has 1 heterocycles. The molecular formula is C25H27N3O2. The quantitative estimate of drug-likeness (QED) is 0.627. The Morgan fingerprint density at radius 3 is 2.33 bits per heavy atom. The lowest BCUT2D eigenvalue weighted by molar-refractivity contribution is -0.116. The summed E-state index contributed by atoms with van der Waals surface area (Å²) in [7, 11) is 0. The molecule has 30 heavy (non-hydrogen) atoms. The fraction of sp³-hybridized carbons (Fsp3) is 0.240. The SMILES string of the molecule is CC(C)(C)c1ccc(CCC(=O)Nc2ccc(-c3cccc(C(N)=O)c3)nc2)cc1. The Hall–Kier alpha value is -3.47. The number of aromatic nitrogens is 1. The molecule has 3 N–H and O–H groups in total. The minimum Gasteiger partial charge on any atom is -0.366 e. The number of hydrogen-bond donors (Lipinski definition) is 2. The minimum atomic E-state index is -0.478. The zero-order chi connectivity index (χ0) is 21.7. The molecule has 3 aromatic rings. The first-order chi connectivity index (χ1) is 14.2. The van der Waals surface area contributed by atoms with Crippen molar-refractivity contribution in [3.8, 4) is 11.3 Å². The fourth-order valence-corrected chi connectivity index (χ4v) is 3.12. The zero-order valence-corrected chi connectivity index (χ0v) is 17.6. The number of benzene rings is 2. The second-order valence-corrected chi connectivity index (χ2v) is 8.37. The van der Waals surface area contributed by atoms with E-state index in [1.807, 2.05) is 6.07 Å². The van der Waals surface area contributed by atoms with Gasteiger partial charge in [0.25, 0.3) is 0 Å². The van der Waals surface area contributed by atoms with Crippen molar-refractivity contribution >= 4 is 17.5 Å². The fourth-order valence-electron chi connectivity index (χ4n) is 3.12. The molecule has 0 aliphatic rings. The Labute approximate surface area is 177 Å². The summed E-state index contributed by atoms with van der Waals surface area (Å²) in [5.74, 6) is -0.533. The monoisotopic (exact) mass is 401 g/mol. The number of amides is 2. The lowest BCUT2D eigenvalue weighted by Crippen LogP contribution is -2.13. The number of pyridine rings is 1. The average molecular weight is 402 g/mol. The molecular weight excluding hydrogens is 374 g/mol. The van der Waals surface area contributed by atoms with Crippen LogP contribution < -0.4 is 11.1 Å². The van der Waals surface area contributed by atoms with Gasteiger partial charge in [-0.25, -0.2) is 0 Å². The van der Waals surface area contributed by atoms with E-state index in [0.29, 0.717) is 29.8 Å². The minimum absolute atomic E-state index is 0.0554. The van der Waals surface area contributed by atoms with Gasteiger partial charge >= 0.3 is 0 Å². The smallest absolute Gasteiger partial charge is 0.248 e. The average Bonchev–Trinajstić information content (AvgIpc) is 2.72. The number of primary amides is 1. The molecule has 0 fully saturated rings. The van der Waals surface area contributed by atoms with Gasteiger partial charge < -0.3 is 11.1 Å². The maximum Gasteiger partial charge on any atom is 0.248 e. The molecule has 2 aromatic carbocycles. The first-order valence-corrected chi connectivity index (χ1v) is 9.98. The molecule has 0 bridgehead atoms. The van der Waals surface area contributed by atoms with Crippen LogP contribution in [0.5, 0.6) is 0 Å². The number of anilines is 1. The summed E-state index contributed by atoms with van der Waals surface area (Å²) >= 11 is 0. The summed E-state index contributed by atoms with van der Waals surface area (Å²) < 4.78 is 0. The van der Waals surface area contributed by atoms with E-state index in [1.54, 1.807) is 36.5 Å². The Morgan fingerprint density at radius 2 is 1.73 bits per heavy atom. The Bertz CT molecular complexity index is 1030. The first-order valence-electron chi connectivity index (χ1n) is 9.98. The number of carbonyl (C=O) groups excluding carboxylic acids is 2. The third kappa shape index (κ3) is 5.54. The summed E-state index contributed by atoms with van der Waals surface area (Å²) in [6.45, 7) is 6.55. The first kappa shape index (κ1) is 21.2. The second kappa shape index (κ2) is 8.91. The topological polar surface area (TPSA) is 85.1 Å². The van der Waals surface area contributed by atoms with Gasteiger partial charge in [0.1, 0.15) is 0 Å². The van der Waals surface area contributed by atoms with E-state index in [2.05, 4.69) is 55.3 Å². The van der Waals surface area contributed by atoms with Crippen LogP contribution in [0.1, 0.15) is 48.7 Å². The number of nitrogens with zero attached hydrogens (tertiary/aromatic N) is 1. The van der Waals surface area contributed by atoms with Gasteiger partial charge in [-0.05, 0) is 47.2 Å². The summed E-state index contributed by atoms with van der Waals surface area (Å²) in [6.07, 6.45) is 2.70. The van der Waals surface area contributed by atoms with Gasteiger partial charge in [-0.2, -0.15) is 0 Å². The van der Waals surface area contributed by atoms with Gasteiger partial charge in [0.15, 0.2) is 0 Å². The van der Waals surface area contributed by atoms with E-state index in [4.69, 9.17) is 5.73 Å². The molecule has 5 heteroatoms. The Balaban J connectivity index is 1.57. The number of carbonyl (C=O) groups is 2. The molecule has 0 spiro atoms. The zero-order valence-electron chi connectivity index (χ0n) is 17.6. The van der Waals surface area contributed by atoms with E-state index in [-0.39, 0.29) is 11.3 Å². The lowest BCUT2D eigenvalue weighted by atomic mass is 9.86. The highest BCUT2D eigenvalue weighted by Gasteiger charge is 2.13. The maximum absolute atomic E-state index is 12.3. The van der Waals surface area contributed by atoms with Gasteiger partial charge in [0.05, 0.1) is 17.6 Å². The predicted molar refractivity (Wildman–Crippen MR) is 120 cm³/mol. The van der Waals surface area contributed by atoms with Gasteiger partial charge in [0.2, 0.25) is 11.8 Å². The third-order valence-electron chi connectivity index (χ3n) is 4.95. The Kier molecular flexibility index (Phi) is 6.31. The van der Waals surface area contributed by atoms with Crippen LogP contribution in [-0.2, 0) is 16.6 Å². The van der Waals surface area contributed by atoms with Crippen molar-refractivity contribution in [2.75, 3.05) is 5.32 Å². The second-order valence-electron chi connectivity index (χ2n) is 8.37. The van der Waals surface area contributed by atoms with Crippen molar-refractivity contribution in [1.82, 2.24) is 4.98 Å². The van der Waals surface area contributed by atoms with E-state index in [0.717, 1.165) is 11.1 Å². The number of nitrogens with two attached hydrogens (primary N) is 1. The highest BCUT2D eigenvalue weighted by Crippen LogP contribution is 2.23. The van der Waals surface area contributed by atoms with Crippen LogP contribution in [0.3, 0.4) is 0 Å². The van der Waals surface area contributed by atoms with Crippen molar-refractivity contribution in [2.45, 2.75) is 39.0 Å². The largest absolute Gasteiger partial charge is 0.366 e. The number of nitrogens with one attached hydrogen (secondary N) is 1. The molecule has 0 aliphatic carbocycles. The summed E-state index contributed by atoms with van der Waals surface area (Å²) in [5, 5.41) is 2.88. The van der Waals surface area contributed by atoms with E-state index in [1.165, 1.54) is 5.56 Å². The number of hydrogen-bond acceptors (Lipinski definition) is 3. The third-order valence-corrected chi connectivity index (χ3v) is 4.95. The maximum atomic E-state index is 12.3. The van der Waals surface area contributed by atoms with Crippen LogP contribution in [0.25, 0.3) is 11.3 Å². The van der Waals surface area contributed by atoms with Crippen LogP contribution in [-0.4, -0.2) is 16.8 Å².